The molecular weight excluding hydrogens is 266 g/mol. The van der Waals surface area contributed by atoms with Crippen LogP contribution in [0.3, 0.4) is 0 Å². The second-order valence-electron chi connectivity index (χ2n) is 4.81. The normalized spacial score (nSPS) is 12.4. The molecule has 0 bridgehead atoms. The number of carbonyl (C=O) groups is 1. The number of ether oxygens (including phenoxy) is 2. The minimum atomic E-state index is -0.673. The minimum absolute atomic E-state index is 0.0150. The zero-order valence-electron chi connectivity index (χ0n) is 13.3. The van der Waals surface area contributed by atoms with Crippen LogP contribution in [0.15, 0.2) is 41.4 Å². The maximum Gasteiger partial charge on any atom is 0.510 e. The average molecular weight is 293 g/mol. The van der Waals surface area contributed by atoms with E-state index in [2.05, 4.69) is 36.2 Å². The van der Waals surface area contributed by atoms with Crippen LogP contribution in [-0.4, -0.2) is 25.7 Å². The molecule has 0 fully saturated rings. The molecule has 0 aromatic carbocycles. The number of nitrogens with zero attached hydrogens (tertiary/aromatic N) is 1. The van der Waals surface area contributed by atoms with Gasteiger partial charge in [0.05, 0.1) is 6.61 Å². The van der Waals surface area contributed by atoms with Gasteiger partial charge in [0.15, 0.2) is 6.73 Å². The molecule has 0 spiro atoms. The molecule has 0 heterocycles. The van der Waals surface area contributed by atoms with E-state index in [9.17, 15) is 4.79 Å². The monoisotopic (exact) mass is 293 g/mol. The van der Waals surface area contributed by atoms with E-state index in [1.165, 1.54) is 0 Å². The molecule has 4 heteroatoms. The van der Waals surface area contributed by atoms with Gasteiger partial charge in [0.25, 0.3) is 0 Å². The summed E-state index contributed by atoms with van der Waals surface area (Å²) in [4.78, 5) is 15.0. The molecule has 0 radical (unpaired) electrons. The molecule has 4 nitrogen and oxygen atoms in total. The van der Waals surface area contributed by atoms with Gasteiger partial charge in [-0.05, 0) is 31.3 Å². The number of aliphatic imine (C=N–C) groups is 1. The average Bonchev–Trinajstić information content (AvgIpc) is 2.46. The molecule has 0 N–H and O–H groups in total. The molecule has 0 saturated heterocycles. The predicted molar refractivity (Wildman–Crippen MR) is 87.6 cm³/mol. The van der Waals surface area contributed by atoms with E-state index < -0.39 is 6.16 Å². The highest BCUT2D eigenvalue weighted by Gasteiger charge is 2.03. The lowest BCUT2D eigenvalue weighted by Gasteiger charge is -2.05. The van der Waals surface area contributed by atoms with Gasteiger partial charge < -0.3 is 9.47 Å². The third-order valence-corrected chi connectivity index (χ3v) is 2.23. The number of rotatable bonds is 10. The van der Waals surface area contributed by atoms with Crippen LogP contribution in [0.1, 0.15) is 40.0 Å². The second kappa shape index (κ2) is 14.6. The molecule has 0 saturated carbocycles. The first-order valence-electron chi connectivity index (χ1n) is 7.41. The summed E-state index contributed by atoms with van der Waals surface area (Å²) in [5.41, 5.74) is 0. The first-order chi connectivity index (χ1) is 10.2. The summed E-state index contributed by atoms with van der Waals surface area (Å²) < 4.78 is 9.60. The van der Waals surface area contributed by atoms with Crippen LogP contribution in [0.25, 0.3) is 0 Å². The Morgan fingerprint density at radius 3 is 2.38 bits per heavy atom. The van der Waals surface area contributed by atoms with E-state index >= 15 is 0 Å². The largest absolute Gasteiger partial charge is 0.510 e. The SMILES string of the molecule is CC/C=C\C/C=C\C/C=C\C=NCOC(=O)OCC(C)C. The summed E-state index contributed by atoms with van der Waals surface area (Å²) in [6.07, 6.45) is 16.2. The van der Waals surface area contributed by atoms with E-state index in [0.717, 1.165) is 19.3 Å². The van der Waals surface area contributed by atoms with Crippen LogP contribution in [0, 0.1) is 5.92 Å². The number of hydrogen-bond acceptors (Lipinski definition) is 4. The van der Waals surface area contributed by atoms with Crippen LogP contribution in [0.4, 0.5) is 4.79 Å². The zero-order chi connectivity index (χ0) is 15.8. The van der Waals surface area contributed by atoms with Crippen LogP contribution >= 0.6 is 0 Å². The van der Waals surface area contributed by atoms with Crippen LogP contribution in [-0.2, 0) is 9.47 Å². The van der Waals surface area contributed by atoms with Gasteiger partial charge in [0.2, 0.25) is 0 Å². The van der Waals surface area contributed by atoms with Crippen molar-refractivity contribution >= 4 is 12.4 Å². The summed E-state index contributed by atoms with van der Waals surface area (Å²) in [7, 11) is 0. The lowest BCUT2D eigenvalue weighted by atomic mass is 10.2. The molecule has 0 rings (SSSR count). The van der Waals surface area contributed by atoms with E-state index in [-0.39, 0.29) is 6.73 Å². The third-order valence-electron chi connectivity index (χ3n) is 2.23. The van der Waals surface area contributed by atoms with Crippen molar-refractivity contribution in [3.05, 3.63) is 36.5 Å². The lowest BCUT2D eigenvalue weighted by molar-refractivity contribution is 0.0498. The Balaban J connectivity index is 3.56. The van der Waals surface area contributed by atoms with Gasteiger partial charge in [-0.15, -0.1) is 0 Å². The Morgan fingerprint density at radius 2 is 1.71 bits per heavy atom. The van der Waals surface area contributed by atoms with Crippen molar-refractivity contribution < 1.29 is 14.3 Å². The van der Waals surface area contributed by atoms with Crippen LogP contribution in [0.5, 0.6) is 0 Å². The third kappa shape index (κ3) is 16.1. The number of allylic oxidation sites excluding steroid dienone is 6. The molecule has 21 heavy (non-hydrogen) atoms. The fourth-order valence-electron chi connectivity index (χ4n) is 1.22. The quantitative estimate of drug-likeness (QED) is 0.334. The summed E-state index contributed by atoms with van der Waals surface area (Å²) in [5, 5.41) is 0. The molecule has 0 atom stereocenters. The molecule has 0 aliphatic rings. The first-order valence-corrected chi connectivity index (χ1v) is 7.41. The molecule has 0 amide bonds. The molecule has 118 valence electrons. The van der Waals surface area contributed by atoms with Gasteiger partial charge in [0.1, 0.15) is 0 Å². The lowest BCUT2D eigenvalue weighted by Crippen LogP contribution is -2.11. The number of carbonyl (C=O) groups excluding carboxylic acids is 1. The van der Waals surface area contributed by atoms with E-state index in [1.807, 2.05) is 26.0 Å². The highest BCUT2D eigenvalue weighted by Crippen LogP contribution is 1.95. The highest BCUT2D eigenvalue weighted by atomic mass is 16.7. The van der Waals surface area contributed by atoms with Crippen molar-refractivity contribution in [3.8, 4) is 0 Å². The molecule has 0 aromatic rings. The van der Waals surface area contributed by atoms with Crippen LogP contribution in [0.2, 0.25) is 0 Å². The predicted octanol–water partition coefficient (Wildman–Crippen LogP) is 4.68. The Bertz CT molecular complexity index is 368. The molecule has 0 aromatic heterocycles. The van der Waals surface area contributed by atoms with Crippen molar-refractivity contribution in [2.75, 3.05) is 13.3 Å². The van der Waals surface area contributed by atoms with Crippen LogP contribution < -0.4 is 0 Å². The molecule has 0 aliphatic heterocycles. The molecule has 0 aliphatic carbocycles. The summed E-state index contributed by atoms with van der Waals surface area (Å²) in [5.74, 6) is 0.300. The Hall–Kier alpha value is -1.84. The van der Waals surface area contributed by atoms with Crippen molar-refractivity contribution in [2.45, 2.75) is 40.0 Å². The minimum Gasteiger partial charge on any atom is -0.434 e. The Morgan fingerprint density at radius 1 is 1.05 bits per heavy atom. The van der Waals surface area contributed by atoms with E-state index in [4.69, 9.17) is 9.47 Å². The number of hydrogen-bond donors (Lipinski definition) is 0. The summed E-state index contributed by atoms with van der Waals surface area (Å²) in [6, 6.07) is 0. The van der Waals surface area contributed by atoms with Crippen molar-refractivity contribution in [1.29, 1.82) is 0 Å². The Labute approximate surface area is 128 Å². The van der Waals surface area contributed by atoms with E-state index in [1.54, 1.807) is 6.21 Å². The zero-order valence-corrected chi connectivity index (χ0v) is 13.3. The summed E-state index contributed by atoms with van der Waals surface area (Å²) >= 11 is 0. The van der Waals surface area contributed by atoms with E-state index in [0.29, 0.717) is 12.5 Å². The maximum absolute atomic E-state index is 11.1. The van der Waals surface area contributed by atoms with Crippen molar-refractivity contribution in [2.24, 2.45) is 10.9 Å². The standard InChI is InChI=1S/C17H27NO3/c1-4-5-6-7-8-9-10-11-12-13-18-15-21-17(19)20-14-16(2)3/h5-6,8-9,11-13,16H,4,7,10,14-15H2,1-3H3/b6-5-,9-8-,12-11-,18-13?. The second-order valence-corrected chi connectivity index (χ2v) is 4.81. The molecular formula is C17H27NO3. The van der Waals surface area contributed by atoms with Crippen molar-refractivity contribution in [3.63, 3.8) is 0 Å². The highest BCUT2D eigenvalue weighted by molar-refractivity contribution is 5.71. The van der Waals surface area contributed by atoms with Gasteiger partial charge >= 0.3 is 6.16 Å². The molecule has 0 unspecified atom stereocenters. The Kier molecular flexibility index (Phi) is 13.3. The topological polar surface area (TPSA) is 47.9 Å². The maximum atomic E-state index is 11.1. The van der Waals surface area contributed by atoms with Gasteiger partial charge in [-0.1, -0.05) is 51.2 Å². The van der Waals surface area contributed by atoms with Gasteiger partial charge in [-0.3, -0.25) is 4.99 Å². The smallest absolute Gasteiger partial charge is 0.434 e. The van der Waals surface area contributed by atoms with Gasteiger partial charge in [0, 0.05) is 6.21 Å². The fourth-order valence-corrected chi connectivity index (χ4v) is 1.22. The fraction of sp³-hybridized carbons (Fsp3) is 0.529. The van der Waals surface area contributed by atoms with Gasteiger partial charge in [-0.25, -0.2) is 4.79 Å². The van der Waals surface area contributed by atoms with Gasteiger partial charge in [-0.2, -0.15) is 0 Å². The first kappa shape index (κ1) is 19.2. The van der Waals surface area contributed by atoms with Crippen molar-refractivity contribution in [1.82, 2.24) is 0 Å². The summed E-state index contributed by atoms with van der Waals surface area (Å²) in [6.45, 7) is 6.40.